The Labute approximate surface area is 255 Å². The van der Waals surface area contributed by atoms with Gasteiger partial charge in [-0.25, -0.2) is 8.42 Å². The molecule has 1 atom stereocenters. The number of methoxy groups -OCH3 is 2. The number of carbonyl (C=O) groups excluding carboxylic acids is 2. The van der Waals surface area contributed by atoms with Gasteiger partial charge in [-0.15, -0.1) is 0 Å². The van der Waals surface area contributed by atoms with Gasteiger partial charge in [-0.05, 0) is 89.4 Å². The Morgan fingerprint density at radius 1 is 0.860 bits per heavy atom. The third kappa shape index (κ3) is 8.50. The van der Waals surface area contributed by atoms with E-state index in [1.165, 1.54) is 37.3 Å². The first-order chi connectivity index (χ1) is 20.0. The molecule has 1 unspecified atom stereocenters. The SMILES string of the molecule is COc1ccc(S(=O)(=O)N(CC(=O)N(Cc2cccc(C)c2)C(C)C(=O)NC(C)(C)C)c2cc(C)cc(C)c2)cc1OC. The molecule has 43 heavy (non-hydrogen) atoms. The van der Waals surface area contributed by atoms with Crippen LogP contribution in [0, 0.1) is 20.8 Å². The van der Waals surface area contributed by atoms with Crippen molar-refractivity contribution < 1.29 is 27.5 Å². The molecule has 1 N–H and O–H groups in total. The molecule has 3 aromatic rings. The second kappa shape index (κ2) is 13.5. The number of carbonyl (C=O) groups is 2. The van der Waals surface area contributed by atoms with Crippen LogP contribution in [0.2, 0.25) is 0 Å². The van der Waals surface area contributed by atoms with Gasteiger partial charge in [0.25, 0.3) is 10.0 Å². The van der Waals surface area contributed by atoms with Crippen molar-refractivity contribution in [2.75, 3.05) is 25.1 Å². The molecule has 3 aromatic carbocycles. The number of hydrogen-bond acceptors (Lipinski definition) is 6. The highest BCUT2D eigenvalue weighted by Gasteiger charge is 2.34. The lowest BCUT2D eigenvalue weighted by Crippen LogP contribution is -2.54. The Morgan fingerprint density at radius 3 is 2.05 bits per heavy atom. The van der Waals surface area contributed by atoms with E-state index in [-0.39, 0.29) is 23.1 Å². The predicted octanol–water partition coefficient (Wildman–Crippen LogP) is 5.16. The van der Waals surface area contributed by atoms with Crippen LogP contribution in [0.1, 0.15) is 49.9 Å². The molecular formula is C33H43N3O6S. The first-order valence-corrected chi connectivity index (χ1v) is 15.5. The Bertz CT molecular complexity index is 1560. The lowest BCUT2D eigenvalue weighted by Gasteiger charge is -2.33. The molecule has 2 amide bonds. The number of nitrogens with zero attached hydrogens (tertiary/aromatic N) is 2. The number of amides is 2. The molecule has 0 spiro atoms. The lowest BCUT2D eigenvalue weighted by atomic mass is 10.1. The van der Waals surface area contributed by atoms with Gasteiger partial charge in [-0.1, -0.05) is 35.9 Å². The van der Waals surface area contributed by atoms with Gasteiger partial charge in [0.05, 0.1) is 24.8 Å². The number of anilines is 1. The van der Waals surface area contributed by atoms with Gasteiger partial charge in [-0.3, -0.25) is 13.9 Å². The summed E-state index contributed by atoms with van der Waals surface area (Å²) in [5.41, 5.74) is 3.32. The minimum absolute atomic E-state index is 0.0686. The maximum atomic E-state index is 14.3. The van der Waals surface area contributed by atoms with Crippen molar-refractivity contribution >= 4 is 27.5 Å². The highest BCUT2D eigenvalue weighted by Crippen LogP contribution is 2.33. The number of rotatable bonds is 11. The van der Waals surface area contributed by atoms with Crippen LogP contribution in [0.15, 0.2) is 65.6 Å². The Balaban J connectivity index is 2.12. The number of nitrogens with one attached hydrogen (secondary N) is 1. The van der Waals surface area contributed by atoms with Gasteiger partial charge in [0, 0.05) is 18.2 Å². The monoisotopic (exact) mass is 609 g/mol. The van der Waals surface area contributed by atoms with Crippen LogP contribution < -0.4 is 19.1 Å². The normalized spacial score (nSPS) is 12.3. The van der Waals surface area contributed by atoms with E-state index in [0.717, 1.165) is 26.6 Å². The van der Waals surface area contributed by atoms with E-state index in [9.17, 15) is 18.0 Å². The Kier molecular flexibility index (Phi) is 10.5. The number of aryl methyl sites for hydroxylation is 3. The van der Waals surface area contributed by atoms with Crippen LogP contribution in [-0.4, -0.2) is 57.5 Å². The molecule has 0 aliphatic heterocycles. The molecule has 9 nitrogen and oxygen atoms in total. The van der Waals surface area contributed by atoms with Crippen LogP contribution in [0.3, 0.4) is 0 Å². The highest BCUT2D eigenvalue weighted by atomic mass is 32.2. The Hall–Kier alpha value is -4.05. The third-order valence-corrected chi connectivity index (χ3v) is 8.59. The summed E-state index contributed by atoms with van der Waals surface area (Å²) in [5.74, 6) is -0.252. The topological polar surface area (TPSA) is 105 Å². The van der Waals surface area contributed by atoms with Crippen molar-refractivity contribution in [1.82, 2.24) is 10.2 Å². The van der Waals surface area contributed by atoms with E-state index in [0.29, 0.717) is 11.4 Å². The lowest BCUT2D eigenvalue weighted by molar-refractivity contribution is -0.140. The summed E-state index contributed by atoms with van der Waals surface area (Å²) in [4.78, 5) is 28.8. The van der Waals surface area contributed by atoms with Crippen LogP contribution >= 0.6 is 0 Å². The van der Waals surface area contributed by atoms with Crippen LogP contribution in [0.5, 0.6) is 11.5 Å². The average Bonchev–Trinajstić information content (AvgIpc) is 2.92. The molecule has 3 rings (SSSR count). The zero-order chi connectivity index (χ0) is 32.1. The molecule has 0 aliphatic rings. The summed E-state index contributed by atoms with van der Waals surface area (Å²) < 4.78 is 40.3. The standard InChI is InChI=1S/C33H43N3O6S/c1-22-11-10-12-26(16-22)20-35(25(4)32(38)34-33(5,6)7)31(37)21-36(27-17-23(2)15-24(3)18-27)43(39,40)28-13-14-29(41-8)30(19-28)42-9/h10-19,25H,20-21H2,1-9H3,(H,34,38). The number of hydrogen-bond donors (Lipinski definition) is 1. The number of benzene rings is 3. The zero-order valence-electron chi connectivity index (χ0n) is 26.5. The molecular weight excluding hydrogens is 566 g/mol. The molecule has 0 aromatic heterocycles. The fourth-order valence-electron chi connectivity index (χ4n) is 4.79. The van der Waals surface area contributed by atoms with E-state index in [1.807, 2.05) is 71.9 Å². The van der Waals surface area contributed by atoms with Crippen molar-refractivity contribution in [1.29, 1.82) is 0 Å². The molecule has 0 saturated carbocycles. The first kappa shape index (κ1) is 33.5. The van der Waals surface area contributed by atoms with Gasteiger partial charge >= 0.3 is 0 Å². The molecule has 0 bridgehead atoms. The van der Waals surface area contributed by atoms with Gasteiger partial charge in [0.1, 0.15) is 12.6 Å². The van der Waals surface area contributed by atoms with E-state index < -0.39 is 34.1 Å². The van der Waals surface area contributed by atoms with Crippen LogP contribution in [-0.2, 0) is 26.2 Å². The molecule has 0 radical (unpaired) electrons. The second-order valence-electron chi connectivity index (χ2n) is 11.8. The van der Waals surface area contributed by atoms with Crippen LogP contribution in [0.4, 0.5) is 5.69 Å². The van der Waals surface area contributed by atoms with E-state index in [2.05, 4.69) is 5.32 Å². The van der Waals surface area contributed by atoms with Crippen molar-refractivity contribution in [3.05, 3.63) is 82.9 Å². The minimum Gasteiger partial charge on any atom is -0.493 e. The molecule has 0 aliphatic carbocycles. The molecule has 0 heterocycles. The minimum atomic E-state index is -4.28. The smallest absolute Gasteiger partial charge is 0.264 e. The summed E-state index contributed by atoms with van der Waals surface area (Å²) >= 11 is 0. The fourth-order valence-corrected chi connectivity index (χ4v) is 6.21. The van der Waals surface area contributed by atoms with Gasteiger partial charge < -0.3 is 19.7 Å². The average molecular weight is 610 g/mol. The van der Waals surface area contributed by atoms with E-state index in [1.54, 1.807) is 19.1 Å². The van der Waals surface area contributed by atoms with E-state index >= 15 is 0 Å². The maximum Gasteiger partial charge on any atom is 0.264 e. The first-order valence-electron chi connectivity index (χ1n) is 14.1. The zero-order valence-corrected chi connectivity index (χ0v) is 27.3. The van der Waals surface area contributed by atoms with Gasteiger partial charge in [-0.2, -0.15) is 0 Å². The van der Waals surface area contributed by atoms with Crippen molar-refractivity contribution in [3.8, 4) is 11.5 Å². The largest absolute Gasteiger partial charge is 0.493 e. The van der Waals surface area contributed by atoms with Crippen molar-refractivity contribution in [3.63, 3.8) is 0 Å². The fraction of sp³-hybridized carbons (Fsp3) is 0.394. The third-order valence-electron chi connectivity index (χ3n) is 6.82. The van der Waals surface area contributed by atoms with Crippen molar-refractivity contribution in [2.45, 2.75) is 71.5 Å². The molecule has 232 valence electrons. The van der Waals surface area contributed by atoms with E-state index in [4.69, 9.17) is 9.47 Å². The number of ether oxygens (including phenoxy) is 2. The summed E-state index contributed by atoms with van der Waals surface area (Å²) in [7, 11) is -1.39. The van der Waals surface area contributed by atoms with Crippen LogP contribution in [0.25, 0.3) is 0 Å². The molecule has 0 fully saturated rings. The highest BCUT2D eigenvalue weighted by molar-refractivity contribution is 7.92. The Morgan fingerprint density at radius 2 is 1.49 bits per heavy atom. The summed E-state index contributed by atoms with van der Waals surface area (Å²) in [6.07, 6.45) is 0. The van der Waals surface area contributed by atoms with Gasteiger partial charge in [0.15, 0.2) is 11.5 Å². The summed E-state index contributed by atoms with van der Waals surface area (Å²) in [5, 5.41) is 2.94. The van der Waals surface area contributed by atoms with Crippen molar-refractivity contribution in [2.24, 2.45) is 0 Å². The molecule has 10 heteroatoms. The predicted molar refractivity (Wildman–Crippen MR) is 169 cm³/mol. The molecule has 0 saturated heterocycles. The quantitative estimate of drug-likeness (QED) is 0.322. The maximum absolute atomic E-state index is 14.3. The van der Waals surface area contributed by atoms with Gasteiger partial charge in [0.2, 0.25) is 11.8 Å². The second-order valence-corrected chi connectivity index (χ2v) is 13.7. The summed E-state index contributed by atoms with van der Waals surface area (Å²) in [6, 6.07) is 16.4. The summed E-state index contributed by atoms with van der Waals surface area (Å²) in [6.45, 7) is 12.5. The number of sulfonamides is 1.